The normalized spacial score (nSPS) is 14.2. The number of alkyl halides is 3. The predicted octanol–water partition coefficient (Wildman–Crippen LogP) is 3.30. The molecule has 1 aliphatic heterocycles. The first kappa shape index (κ1) is 22.1. The van der Waals surface area contributed by atoms with E-state index in [1.807, 2.05) is 4.90 Å². The van der Waals surface area contributed by atoms with Crippen molar-refractivity contribution in [3.8, 4) is 0 Å². The lowest BCUT2D eigenvalue weighted by Crippen LogP contribution is -2.35. The molecule has 30 heavy (non-hydrogen) atoms. The van der Waals surface area contributed by atoms with Gasteiger partial charge in [0.05, 0.1) is 23.6 Å². The van der Waals surface area contributed by atoms with Gasteiger partial charge in [0.15, 0.2) is 0 Å². The molecule has 1 N–H and O–H groups in total. The number of aromatic nitrogens is 2. The zero-order chi connectivity index (χ0) is 21.9. The highest BCUT2D eigenvalue weighted by Crippen LogP contribution is 2.36. The molecule has 7 nitrogen and oxygen atoms in total. The van der Waals surface area contributed by atoms with E-state index in [0.717, 1.165) is 29.5 Å². The first-order chi connectivity index (χ1) is 14.2. The molecule has 0 unspecified atom stereocenters. The summed E-state index contributed by atoms with van der Waals surface area (Å²) in [5, 5.41) is 2.12. The summed E-state index contributed by atoms with van der Waals surface area (Å²) in [6.07, 6.45) is -2.87. The minimum absolute atomic E-state index is 0.106. The molecule has 0 spiro atoms. The zero-order valence-corrected chi connectivity index (χ0v) is 16.9. The maximum Gasteiger partial charge on any atom is 0.418 e. The summed E-state index contributed by atoms with van der Waals surface area (Å²) < 4.78 is 46.0. The fourth-order valence-corrected chi connectivity index (χ4v) is 3.43. The van der Waals surface area contributed by atoms with E-state index in [9.17, 15) is 22.8 Å². The molecule has 2 heterocycles. The number of carbonyl (C=O) groups is 1. The van der Waals surface area contributed by atoms with Crippen LogP contribution in [-0.4, -0.2) is 35.7 Å². The summed E-state index contributed by atoms with van der Waals surface area (Å²) in [5.74, 6) is -0.485. The molecule has 1 saturated heterocycles. The topological polar surface area (TPSA) is 76.5 Å². The maximum atomic E-state index is 13.3. The van der Waals surface area contributed by atoms with Crippen LogP contribution in [0.3, 0.4) is 0 Å². The molecule has 1 amide bonds. The molecule has 0 bridgehead atoms. The van der Waals surface area contributed by atoms with Gasteiger partial charge in [0, 0.05) is 31.3 Å². The van der Waals surface area contributed by atoms with Gasteiger partial charge in [-0.25, -0.2) is 4.98 Å². The molecule has 162 valence electrons. The highest BCUT2D eigenvalue weighted by Gasteiger charge is 2.34. The van der Waals surface area contributed by atoms with Crippen molar-refractivity contribution < 1.29 is 22.7 Å². The van der Waals surface area contributed by atoms with E-state index >= 15 is 0 Å². The lowest BCUT2D eigenvalue weighted by molar-refractivity contribution is -0.137. The molecule has 3 rings (SSSR count). The van der Waals surface area contributed by atoms with Crippen LogP contribution in [0, 0.1) is 0 Å². The van der Waals surface area contributed by atoms with E-state index in [0.29, 0.717) is 24.7 Å². The molecule has 2 aromatic rings. The van der Waals surface area contributed by atoms with Gasteiger partial charge >= 0.3 is 6.18 Å². The van der Waals surface area contributed by atoms with Gasteiger partial charge in [-0.2, -0.15) is 13.2 Å². The van der Waals surface area contributed by atoms with Crippen LogP contribution >= 0.6 is 11.6 Å². The number of rotatable bonds is 6. The van der Waals surface area contributed by atoms with E-state index in [-0.39, 0.29) is 11.6 Å². The van der Waals surface area contributed by atoms with Gasteiger partial charge in [-0.05, 0) is 31.0 Å². The van der Waals surface area contributed by atoms with E-state index < -0.39 is 35.4 Å². The van der Waals surface area contributed by atoms with Crippen molar-refractivity contribution >= 4 is 29.1 Å². The highest BCUT2D eigenvalue weighted by atomic mass is 35.5. The van der Waals surface area contributed by atoms with Gasteiger partial charge in [-0.3, -0.25) is 14.2 Å². The van der Waals surface area contributed by atoms with Gasteiger partial charge < -0.3 is 15.0 Å². The van der Waals surface area contributed by atoms with Gasteiger partial charge in [0.1, 0.15) is 6.54 Å². The Bertz CT molecular complexity index is 988. The summed E-state index contributed by atoms with van der Waals surface area (Å²) in [6, 6.07) is 4.31. The van der Waals surface area contributed by atoms with Crippen LogP contribution < -0.4 is 15.8 Å². The third kappa shape index (κ3) is 5.11. The second-order valence-corrected chi connectivity index (χ2v) is 7.27. The predicted molar refractivity (Wildman–Crippen MR) is 106 cm³/mol. The van der Waals surface area contributed by atoms with Crippen LogP contribution in [0.5, 0.6) is 0 Å². The Morgan fingerprint density at radius 1 is 1.27 bits per heavy atom. The lowest BCUT2D eigenvalue weighted by Gasteiger charge is -2.22. The van der Waals surface area contributed by atoms with Crippen LogP contribution in [0.2, 0.25) is 5.02 Å². The number of nitrogens with zero attached hydrogens (tertiary/aromatic N) is 3. The van der Waals surface area contributed by atoms with Crippen molar-refractivity contribution in [1.82, 2.24) is 9.55 Å². The number of hydrogen-bond acceptors (Lipinski definition) is 5. The van der Waals surface area contributed by atoms with Crippen molar-refractivity contribution in [3.05, 3.63) is 50.9 Å². The first-order valence-electron chi connectivity index (χ1n) is 9.20. The first-order valence-corrected chi connectivity index (χ1v) is 9.58. The van der Waals surface area contributed by atoms with Gasteiger partial charge in [-0.1, -0.05) is 11.6 Å². The summed E-state index contributed by atoms with van der Waals surface area (Å²) in [6.45, 7) is 0.980. The summed E-state index contributed by atoms with van der Waals surface area (Å²) >= 11 is 5.66. The second kappa shape index (κ2) is 9.05. The second-order valence-electron chi connectivity index (χ2n) is 6.83. The van der Waals surface area contributed by atoms with Crippen molar-refractivity contribution in [2.75, 3.05) is 30.4 Å². The quantitative estimate of drug-likeness (QED) is 0.739. The molecule has 1 aromatic heterocycles. The SMILES string of the molecule is COCc1cc(=O)n(CC(=O)Nc2ccc(Cl)cc2C(F)(F)F)c(N2CCCC2)n1. The van der Waals surface area contributed by atoms with Crippen molar-refractivity contribution in [2.24, 2.45) is 0 Å². The van der Waals surface area contributed by atoms with Crippen LogP contribution in [0.4, 0.5) is 24.8 Å². The number of carbonyl (C=O) groups excluding carboxylic acids is 1. The van der Waals surface area contributed by atoms with Gasteiger partial charge in [0.2, 0.25) is 11.9 Å². The summed E-state index contributed by atoms with van der Waals surface area (Å²) in [7, 11) is 1.47. The Hall–Kier alpha value is -2.59. The van der Waals surface area contributed by atoms with Gasteiger partial charge in [0.25, 0.3) is 5.56 Å². The fraction of sp³-hybridized carbons (Fsp3) is 0.421. The van der Waals surface area contributed by atoms with E-state index in [4.69, 9.17) is 16.3 Å². The molecule has 11 heteroatoms. The van der Waals surface area contributed by atoms with Crippen LogP contribution in [0.15, 0.2) is 29.1 Å². The molecule has 0 saturated carbocycles. The molecule has 0 radical (unpaired) electrons. The van der Waals surface area contributed by atoms with Crippen molar-refractivity contribution in [1.29, 1.82) is 0 Å². The van der Waals surface area contributed by atoms with Crippen LogP contribution in [0.25, 0.3) is 0 Å². The Morgan fingerprint density at radius 3 is 2.60 bits per heavy atom. The largest absolute Gasteiger partial charge is 0.418 e. The van der Waals surface area contributed by atoms with Gasteiger partial charge in [-0.15, -0.1) is 0 Å². The minimum atomic E-state index is -4.70. The third-order valence-electron chi connectivity index (χ3n) is 4.59. The molecule has 1 aliphatic rings. The highest BCUT2D eigenvalue weighted by molar-refractivity contribution is 6.30. The lowest BCUT2D eigenvalue weighted by atomic mass is 10.1. The molecular weight excluding hydrogens is 425 g/mol. The van der Waals surface area contributed by atoms with Crippen LogP contribution in [-0.2, 0) is 28.9 Å². The van der Waals surface area contributed by atoms with Crippen molar-refractivity contribution in [2.45, 2.75) is 32.2 Å². The maximum absolute atomic E-state index is 13.3. The smallest absolute Gasteiger partial charge is 0.378 e. The number of amides is 1. The summed E-state index contributed by atoms with van der Waals surface area (Å²) in [4.78, 5) is 31.4. The fourth-order valence-electron chi connectivity index (χ4n) is 3.26. The molecular formula is C19H20ClF3N4O3. The number of hydrogen-bond donors (Lipinski definition) is 1. The van der Waals surface area contributed by atoms with E-state index in [1.54, 1.807) is 0 Å². The monoisotopic (exact) mass is 444 g/mol. The molecule has 0 atom stereocenters. The Morgan fingerprint density at radius 2 is 1.97 bits per heavy atom. The third-order valence-corrected chi connectivity index (χ3v) is 4.82. The average Bonchev–Trinajstić information content (AvgIpc) is 3.19. The Balaban J connectivity index is 1.89. The standard InChI is InChI=1S/C19H20ClF3N4O3/c1-30-11-13-9-17(29)27(18(24-13)26-6-2-3-7-26)10-16(28)25-15-5-4-12(20)8-14(15)19(21,22)23/h4-5,8-9H,2-3,6-7,10-11H2,1H3,(H,25,28). The number of anilines is 2. The van der Waals surface area contributed by atoms with Crippen LogP contribution in [0.1, 0.15) is 24.1 Å². The average molecular weight is 445 g/mol. The van der Waals surface area contributed by atoms with E-state index in [1.165, 1.54) is 19.2 Å². The number of methoxy groups -OCH3 is 1. The van der Waals surface area contributed by atoms with Crippen molar-refractivity contribution in [3.63, 3.8) is 0 Å². The molecule has 0 aliphatic carbocycles. The molecule has 1 fully saturated rings. The zero-order valence-electron chi connectivity index (χ0n) is 16.1. The number of nitrogens with one attached hydrogen (secondary N) is 1. The number of benzene rings is 1. The number of ether oxygens (including phenoxy) is 1. The summed E-state index contributed by atoms with van der Waals surface area (Å²) in [5.41, 5.74) is -1.57. The van der Waals surface area contributed by atoms with E-state index in [2.05, 4.69) is 10.3 Å². The minimum Gasteiger partial charge on any atom is -0.378 e. The Kier molecular flexibility index (Phi) is 6.67. The Labute approximate surface area is 175 Å². The molecule has 1 aromatic carbocycles. The number of halogens is 4.